The molecule has 0 saturated carbocycles. The molecular formula is C8H14OS. The monoisotopic (exact) mass is 158 g/mol. The van der Waals surface area contributed by atoms with E-state index in [4.69, 9.17) is 0 Å². The molecule has 1 nitrogen and oxygen atoms in total. The molecule has 2 heteroatoms. The summed E-state index contributed by atoms with van der Waals surface area (Å²) >= 11 is 0. The Balaban J connectivity index is 2.85. The third-order valence-electron chi connectivity index (χ3n) is 2.05. The van der Waals surface area contributed by atoms with Crippen molar-refractivity contribution in [1.82, 2.24) is 0 Å². The van der Waals surface area contributed by atoms with Crippen LogP contribution in [-0.4, -0.2) is 9.96 Å². The van der Waals surface area contributed by atoms with Crippen molar-refractivity contribution < 1.29 is 4.21 Å². The fourth-order valence-electron chi connectivity index (χ4n) is 1.37. The first-order valence-electron chi connectivity index (χ1n) is 3.71. The molecule has 0 aliphatic carbocycles. The summed E-state index contributed by atoms with van der Waals surface area (Å²) in [6.45, 7) is 6.33. The van der Waals surface area contributed by atoms with Gasteiger partial charge in [0, 0.05) is 21.5 Å². The topological polar surface area (TPSA) is 17.1 Å². The summed E-state index contributed by atoms with van der Waals surface area (Å²) in [4.78, 5) is 1.13. The van der Waals surface area contributed by atoms with Gasteiger partial charge in [-0.15, -0.1) is 0 Å². The molecule has 1 aliphatic heterocycles. The molecular weight excluding hydrogens is 144 g/mol. The molecule has 1 aliphatic rings. The van der Waals surface area contributed by atoms with E-state index in [0.29, 0.717) is 5.92 Å². The predicted octanol–water partition coefficient (Wildman–Crippen LogP) is 2.07. The Bertz CT molecular complexity index is 191. The molecule has 58 valence electrons. The average molecular weight is 158 g/mol. The van der Waals surface area contributed by atoms with E-state index in [0.717, 1.165) is 17.1 Å². The fraction of sp³-hybridized carbons (Fsp3) is 0.750. The number of rotatable bonds is 1. The van der Waals surface area contributed by atoms with Gasteiger partial charge in [0.25, 0.3) is 0 Å². The van der Waals surface area contributed by atoms with Gasteiger partial charge in [0.15, 0.2) is 0 Å². The van der Waals surface area contributed by atoms with Crippen molar-refractivity contribution >= 4 is 10.8 Å². The molecule has 0 radical (unpaired) electrons. The standard InChI is InChI=1S/C8H14OS/c1-6(2)8-4-5-10(9)7(8)3/h6H,4-5H2,1-3H3. The highest BCUT2D eigenvalue weighted by Gasteiger charge is 2.19. The van der Waals surface area contributed by atoms with Crippen LogP contribution in [0.2, 0.25) is 0 Å². The largest absolute Gasteiger partial charge is 0.255 e. The molecule has 0 aromatic carbocycles. The van der Waals surface area contributed by atoms with Crippen molar-refractivity contribution in [1.29, 1.82) is 0 Å². The zero-order chi connectivity index (χ0) is 7.72. The van der Waals surface area contributed by atoms with Crippen LogP contribution in [0.3, 0.4) is 0 Å². The van der Waals surface area contributed by atoms with E-state index in [1.807, 2.05) is 6.92 Å². The molecule has 1 unspecified atom stereocenters. The minimum atomic E-state index is -0.639. The van der Waals surface area contributed by atoms with Gasteiger partial charge in [-0.25, -0.2) is 0 Å². The third kappa shape index (κ3) is 1.31. The highest BCUT2D eigenvalue weighted by molar-refractivity contribution is 7.89. The summed E-state index contributed by atoms with van der Waals surface area (Å²) in [5, 5.41) is 0. The Hall–Kier alpha value is -0.110. The summed E-state index contributed by atoms with van der Waals surface area (Å²) in [7, 11) is -0.639. The Morgan fingerprint density at radius 3 is 2.30 bits per heavy atom. The molecule has 0 aromatic rings. The molecule has 10 heavy (non-hydrogen) atoms. The van der Waals surface area contributed by atoms with Crippen LogP contribution in [0.1, 0.15) is 27.2 Å². The molecule has 1 atom stereocenters. The Morgan fingerprint density at radius 2 is 2.10 bits per heavy atom. The van der Waals surface area contributed by atoms with Crippen molar-refractivity contribution in [2.24, 2.45) is 5.92 Å². The van der Waals surface area contributed by atoms with Crippen LogP contribution >= 0.6 is 0 Å². The number of allylic oxidation sites excluding steroid dienone is 2. The molecule has 0 aromatic heterocycles. The van der Waals surface area contributed by atoms with E-state index in [-0.39, 0.29) is 0 Å². The van der Waals surface area contributed by atoms with Crippen LogP contribution in [0.4, 0.5) is 0 Å². The second-order valence-corrected chi connectivity index (χ2v) is 4.75. The molecule has 1 heterocycles. The summed E-state index contributed by atoms with van der Waals surface area (Å²) < 4.78 is 11.1. The van der Waals surface area contributed by atoms with Crippen molar-refractivity contribution in [3.63, 3.8) is 0 Å². The first kappa shape index (κ1) is 7.99. The van der Waals surface area contributed by atoms with E-state index >= 15 is 0 Å². The maximum Gasteiger partial charge on any atom is 0.0488 e. The van der Waals surface area contributed by atoms with Gasteiger partial charge in [-0.2, -0.15) is 0 Å². The second kappa shape index (κ2) is 2.87. The van der Waals surface area contributed by atoms with Gasteiger partial charge >= 0.3 is 0 Å². The van der Waals surface area contributed by atoms with Crippen molar-refractivity contribution in [3.05, 3.63) is 10.5 Å². The number of hydrogen-bond donors (Lipinski definition) is 0. The van der Waals surface area contributed by atoms with E-state index in [1.54, 1.807) is 0 Å². The fourth-order valence-corrected chi connectivity index (χ4v) is 2.71. The van der Waals surface area contributed by atoms with Crippen LogP contribution < -0.4 is 0 Å². The van der Waals surface area contributed by atoms with Crippen LogP contribution in [0.25, 0.3) is 0 Å². The van der Waals surface area contributed by atoms with Gasteiger partial charge in [0.05, 0.1) is 0 Å². The quantitative estimate of drug-likeness (QED) is 0.571. The Morgan fingerprint density at radius 1 is 1.50 bits per heavy atom. The molecule has 1 rings (SSSR count). The predicted molar refractivity (Wildman–Crippen MR) is 45.2 cm³/mol. The summed E-state index contributed by atoms with van der Waals surface area (Å²) in [5.74, 6) is 1.45. The average Bonchev–Trinajstić information content (AvgIpc) is 2.14. The van der Waals surface area contributed by atoms with Crippen LogP contribution in [-0.2, 0) is 10.8 Å². The van der Waals surface area contributed by atoms with Gasteiger partial charge in [-0.1, -0.05) is 19.4 Å². The Labute approximate surface area is 65.0 Å². The van der Waals surface area contributed by atoms with Gasteiger partial charge < -0.3 is 0 Å². The minimum absolute atomic E-state index is 0.589. The molecule has 0 saturated heterocycles. The second-order valence-electron chi connectivity index (χ2n) is 3.04. The van der Waals surface area contributed by atoms with E-state index in [9.17, 15) is 4.21 Å². The maximum absolute atomic E-state index is 11.1. The molecule has 0 spiro atoms. The maximum atomic E-state index is 11.1. The van der Waals surface area contributed by atoms with Crippen molar-refractivity contribution in [2.75, 3.05) is 5.75 Å². The highest BCUT2D eigenvalue weighted by Crippen LogP contribution is 2.27. The molecule has 0 N–H and O–H groups in total. The van der Waals surface area contributed by atoms with Gasteiger partial charge in [0.2, 0.25) is 0 Å². The van der Waals surface area contributed by atoms with Crippen molar-refractivity contribution in [3.8, 4) is 0 Å². The van der Waals surface area contributed by atoms with Crippen LogP contribution in [0, 0.1) is 5.92 Å². The zero-order valence-corrected chi connectivity index (χ0v) is 7.62. The third-order valence-corrected chi connectivity index (χ3v) is 3.57. The normalized spacial score (nSPS) is 26.6. The van der Waals surface area contributed by atoms with Gasteiger partial charge in [-0.05, 0) is 19.3 Å². The van der Waals surface area contributed by atoms with Gasteiger partial charge in [0.1, 0.15) is 0 Å². The highest BCUT2D eigenvalue weighted by atomic mass is 32.2. The van der Waals surface area contributed by atoms with Crippen molar-refractivity contribution in [2.45, 2.75) is 27.2 Å². The number of hydrogen-bond acceptors (Lipinski definition) is 1. The zero-order valence-electron chi connectivity index (χ0n) is 6.81. The summed E-state index contributed by atoms with van der Waals surface area (Å²) in [5.41, 5.74) is 1.42. The SMILES string of the molecule is CC1=C(C(C)C)CCS1=O. The first-order valence-corrected chi connectivity index (χ1v) is 5.03. The van der Waals surface area contributed by atoms with Crippen LogP contribution in [0.5, 0.6) is 0 Å². The first-order chi connectivity index (χ1) is 4.63. The lowest BCUT2D eigenvalue weighted by Crippen LogP contribution is -1.91. The van der Waals surface area contributed by atoms with E-state index < -0.39 is 10.8 Å². The van der Waals surface area contributed by atoms with Gasteiger partial charge in [-0.3, -0.25) is 4.21 Å². The van der Waals surface area contributed by atoms with Crippen LogP contribution in [0.15, 0.2) is 10.5 Å². The summed E-state index contributed by atoms with van der Waals surface area (Å²) in [6, 6.07) is 0. The minimum Gasteiger partial charge on any atom is -0.255 e. The lowest BCUT2D eigenvalue weighted by molar-refractivity contribution is 0.688. The lowest BCUT2D eigenvalue weighted by Gasteiger charge is -2.04. The van der Waals surface area contributed by atoms with E-state index in [1.165, 1.54) is 5.57 Å². The lowest BCUT2D eigenvalue weighted by atomic mass is 10.0. The summed E-state index contributed by atoms with van der Waals surface area (Å²) in [6.07, 6.45) is 1.05. The molecule has 0 fully saturated rings. The smallest absolute Gasteiger partial charge is 0.0488 e. The Kier molecular flexibility index (Phi) is 2.29. The molecule has 0 amide bonds. The van der Waals surface area contributed by atoms with E-state index in [2.05, 4.69) is 13.8 Å². The molecule has 0 bridgehead atoms.